The van der Waals surface area contributed by atoms with Gasteiger partial charge in [0, 0.05) is 23.0 Å². The zero-order chi connectivity index (χ0) is 11.0. The van der Waals surface area contributed by atoms with Gasteiger partial charge in [-0.25, -0.2) is 0 Å². The van der Waals surface area contributed by atoms with E-state index >= 15 is 0 Å². The second-order valence-electron chi connectivity index (χ2n) is 4.79. The van der Waals surface area contributed by atoms with Gasteiger partial charge in [0.1, 0.15) is 0 Å². The first-order valence-corrected chi connectivity index (χ1v) is 5.78. The molecular formula is C13H19NO. The maximum absolute atomic E-state index is 10.9. The molecule has 2 nitrogen and oxygen atoms in total. The number of carbonyl (C=O) groups is 1. The third-order valence-corrected chi connectivity index (χ3v) is 3.80. The molecule has 0 aromatic carbocycles. The summed E-state index contributed by atoms with van der Waals surface area (Å²) in [5.74, 6) is 0.745. The SMILES string of the molecule is Cc1cc(C=O)c(C)n1C1CCCC1C. The normalized spacial score (nSPS) is 25.8. The van der Waals surface area contributed by atoms with Gasteiger partial charge in [0.2, 0.25) is 0 Å². The highest BCUT2D eigenvalue weighted by Crippen LogP contribution is 2.37. The van der Waals surface area contributed by atoms with E-state index in [4.69, 9.17) is 0 Å². The third-order valence-electron chi connectivity index (χ3n) is 3.80. The van der Waals surface area contributed by atoms with Crippen LogP contribution in [0.15, 0.2) is 6.07 Å². The molecule has 82 valence electrons. The molecule has 1 heterocycles. The Morgan fingerprint density at radius 1 is 1.40 bits per heavy atom. The Balaban J connectivity index is 2.42. The molecule has 1 aliphatic carbocycles. The summed E-state index contributed by atoms with van der Waals surface area (Å²) in [7, 11) is 0. The quantitative estimate of drug-likeness (QED) is 0.679. The fourth-order valence-electron chi connectivity index (χ4n) is 2.94. The first-order chi connectivity index (χ1) is 7.15. The molecular weight excluding hydrogens is 186 g/mol. The van der Waals surface area contributed by atoms with Crippen LogP contribution in [0.4, 0.5) is 0 Å². The second kappa shape index (κ2) is 3.84. The van der Waals surface area contributed by atoms with Crippen LogP contribution >= 0.6 is 0 Å². The molecule has 2 atom stereocenters. The Labute approximate surface area is 91.3 Å². The van der Waals surface area contributed by atoms with Crippen molar-refractivity contribution in [3.05, 3.63) is 23.0 Å². The Kier molecular flexibility index (Phi) is 2.68. The van der Waals surface area contributed by atoms with Gasteiger partial charge in [-0.3, -0.25) is 4.79 Å². The summed E-state index contributed by atoms with van der Waals surface area (Å²) in [5.41, 5.74) is 3.22. The van der Waals surface area contributed by atoms with E-state index in [1.54, 1.807) is 0 Å². The fraction of sp³-hybridized carbons (Fsp3) is 0.615. The summed E-state index contributed by atoms with van der Waals surface area (Å²) in [5, 5.41) is 0. The number of aldehydes is 1. The van der Waals surface area contributed by atoms with Gasteiger partial charge < -0.3 is 4.57 Å². The summed E-state index contributed by atoms with van der Waals surface area (Å²) < 4.78 is 2.36. The highest BCUT2D eigenvalue weighted by Gasteiger charge is 2.27. The summed E-state index contributed by atoms with van der Waals surface area (Å²) >= 11 is 0. The summed E-state index contributed by atoms with van der Waals surface area (Å²) in [4.78, 5) is 10.9. The first-order valence-electron chi connectivity index (χ1n) is 5.78. The van der Waals surface area contributed by atoms with Gasteiger partial charge in [-0.1, -0.05) is 13.3 Å². The first kappa shape index (κ1) is 10.5. The van der Waals surface area contributed by atoms with Gasteiger partial charge in [0.05, 0.1) is 0 Å². The number of rotatable bonds is 2. The maximum atomic E-state index is 10.9. The predicted molar refractivity (Wildman–Crippen MR) is 61.3 cm³/mol. The van der Waals surface area contributed by atoms with Crippen molar-refractivity contribution in [1.29, 1.82) is 0 Å². The van der Waals surface area contributed by atoms with Crippen LogP contribution in [0.25, 0.3) is 0 Å². The lowest BCUT2D eigenvalue weighted by atomic mass is 10.1. The van der Waals surface area contributed by atoms with Gasteiger partial charge >= 0.3 is 0 Å². The van der Waals surface area contributed by atoms with Crippen LogP contribution in [0.3, 0.4) is 0 Å². The van der Waals surface area contributed by atoms with Crippen molar-refractivity contribution in [2.45, 2.75) is 46.1 Å². The molecule has 1 saturated carbocycles. The monoisotopic (exact) mass is 205 g/mol. The van der Waals surface area contributed by atoms with Gasteiger partial charge in [-0.2, -0.15) is 0 Å². The molecule has 1 aromatic rings. The third kappa shape index (κ3) is 1.62. The molecule has 0 amide bonds. The van der Waals surface area contributed by atoms with Crippen molar-refractivity contribution in [2.75, 3.05) is 0 Å². The number of hydrogen-bond donors (Lipinski definition) is 0. The highest BCUT2D eigenvalue weighted by molar-refractivity contribution is 5.77. The largest absolute Gasteiger partial charge is 0.345 e. The molecule has 0 bridgehead atoms. The van der Waals surface area contributed by atoms with E-state index in [-0.39, 0.29) is 0 Å². The minimum absolute atomic E-state index is 0.610. The molecule has 0 N–H and O–H groups in total. The van der Waals surface area contributed by atoms with Crippen LogP contribution < -0.4 is 0 Å². The number of carbonyl (C=O) groups excluding carboxylic acids is 1. The van der Waals surface area contributed by atoms with Crippen molar-refractivity contribution in [3.63, 3.8) is 0 Å². The van der Waals surface area contributed by atoms with Crippen LogP contribution in [-0.2, 0) is 0 Å². The van der Waals surface area contributed by atoms with E-state index in [0.717, 1.165) is 23.5 Å². The number of hydrogen-bond acceptors (Lipinski definition) is 1. The molecule has 1 fully saturated rings. The van der Waals surface area contributed by atoms with Crippen LogP contribution in [0.5, 0.6) is 0 Å². The molecule has 0 spiro atoms. The lowest BCUT2D eigenvalue weighted by molar-refractivity contribution is 0.112. The zero-order valence-corrected chi connectivity index (χ0v) is 9.79. The van der Waals surface area contributed by atoms with E-state index in [1.165, 1.54) is 25.0 Å². The number of nitrogens with zero attached hydrogens (tertiary/aromatic N) is 1. The Hall–Kier alpha value is -1.05. The lowest BCUT2D eigenvalue weighted by Crippen LogP contribution is -2.14. The molecule has 2 heteroatoms. The average Bonchev–Trinajstić information content (AvgIpc) is 2.71. The van der Waals surface area contributed by atoms with Crippen LogP contribution in [0.1, 0.15) is 54.0 Å². The molecule has 2 unspecified atom stereocenters. The molecule has 15 heavy (non-hydrogen) atoms. The number of aromatic nitrogens is 1. The zero-order valence-electron chi connectivity index (χ0n) is 9.79. The Morgan fingerprint density at radius 3 is 2.60 bits per heavy atom. The van der Waals surface area contributed by atoms with E-state index in [0.29, 0.717) is 6.04 Å². The van der Waals surface area contributed by atoms with Crippen molar-refractivity contribution in [2.24, 2.45) is 5.92 Å². The lowest BCUT2D eigenvalue weighted by Gasteiger charge is -2.21. The minimum atomic E-state index is 0.610. The Bertz CT molecular complexity index is 378. The van der Waals surface area contributed by atoms with Crippen LogP contribution in [0, 0.1) is 19.8 Å². The number of aryl methyl sites for hydroxylation is 1. The minimum Gasteiger partial charge on any atom is -0.345 e. The second-order valence-corrected chi connectivity index (χ2v) is 4.79. The van der Waals surface area contributed by atoms with Gasteiger partial charge in [-0.05, 0) is 38.7 Å². The molecule has 0 saturated heterocycles. The standard InChI is InChI=1S/C13H19NO/c1-9-5-4-6-13(9)14-10(2)7-12(8-15)11(14)3/h7-9,13H,4-6H2,1-3H3. The van der Waals surface area contributed by atoms with E-state index in [2.05, 4.69) is 25.3 Å². The van der Waals surface area contributed by atoms with Crippen LogP contribution in [-0.4, -0.2) is 10.9 Å². The summed E-state index contributed by atoms with van der Waals surface area (Å²) in [6.07, 6.45) is 4.87. The summed E-state index contributed by atoms with van der Waals surface area (Å²) in [6.45, 7) is 6.48. The summed E-state index contributed by atoms with van der Waals surface area (Å²) in [6, 6.07) is 2.62. The average molecular weight is 205 g/mol. The molecule has 0 aliphatic heterocycles. The van der Waals surface area contributed by atoms with Gasteiger partial charge in [-0.15, -0.1) is 0 Å². The van der Waals surface area contributed by atoms with Gasteiger partial charge in [0.25, 0.3) is 0 Å². The predicted octanol–water partition coefficient (Wildman–Crippen LogP) is 3.28. The smallest absolute Gasteiger partial charge is 0.151 e. The van der Waals surface area contributed by atoms with Gasteiger partial charge in [0.15, 0.2) is 6.29 Å². The highest BCUT2D eigenvalue weighted by atomic mass is 16.1. The fourth-order valence-corrected chi connectivity index (χ4v) is 2.94. The topological polar surface area (TPSA) is 22.0 Å². The molecule has 0 radical (unpaired) electrons. The van der Waals surface area contributed by atoms with Crippen molar-refractivity contribution >= 4 is 6.29 Å². The van der Waals surface area contributed by atoms with Crippen molar-refractivity contribution in [1.82, 2.24) is 4.57 Å². The van der Waals surface area contributed by atoms with Crippen molar-refractivity contribution in [3.8, 4) is 0 Å². The molecule has 1 aromatic heterocycles. The molecule has 1 aliphatic rings. The van der Waals surface area contributed by atoms with Crippen molar-refractivity contribution < 1.29 is 4.79 Å². The maximum Gasteiger partial charge on any atom is 0.151 e. The van der Waals surface area contributed by atoms with Crippen LogP contribution in [0.2, 0.25) is 0 Å². The van der Waals surface area contributed by atoms with E-state index in [1.807, 2.05) is 6.07 Å². The Morgan fingerprint density at radius 2 is 2.13 bits per heavy atom. The van der Waals surface area contributed by atoms with E-state index in [9.17, 15) is 4.79 Å². The molecule has 2 rings (SSSR count). The van der Waals surface area contributed by atoms with E-state index < -0.39 is 0 Å².